The van der Waals surface area contributed by atoms with Crippen LogP contribution in [0.1, 0.15) is 5.82 Å². The number of anilines is 1. The van der Waals surface area contributed by atoms with Crippen LogP contribution in [0.25, 0.3) is 5.65 Å². The number of nitrogens with zero attached hydrogens (tertiary/aromatic N) is 4. The van der Waals surface area contributed by atoms with Crippen molar-refractivity contribution in [2.24, 2.45) is 0 Å². The lowest BCUT2D eigenvalue weighted by atomic mass is 10.3. The number of nitrogens with one attached hydrogen (secondary N) is 2. The lowest BCUT2D eigenvalue weighted by molar-refractivity contribution is -0.383. The molecule has 24 heavy (non-hydrogen) atoms. The van der Waals surface area contributed by atoms with Gasteiger partial charge in [0.1, 0.15) is 11.5 Å². The molecular weight excluding hydrogens is 312 g/mol. The van der Waals surface area contributed by atoms with E-state index in [0.717, 1.165) is 11.5 Å². The molecule has 0 saturated heterocycles. The quantitative estimate of drug-likeness (QED) is 0.550. The van der Waals surface area contributed by atoms with Gasteiger partial charge in [0.05, 0.1) is 4.92 Å². The Hall–Kier alpha value is -3.49. The number of amides is 2. The smallest absolute Gasteiger partial charge is 0.319 e. The van der Waals surface area contributed by atoms with E-state index < -0.39 is 11.0 Å². The number of nitro benzene ring substituents is 1. The third kappa shape index (κ3) is 3.29. The van der Waals surface area contributed by atoms with Crippen molar-refractivity contribution in [1.29, 1.82) is 0 Å². The maximum absolute atomic E-state index is 11.9. The summed E-state index contributed by atoms with van der Waals surface area (Å²) < 4.78 is 1.83. The van der Waals surface area contributed by atoms with Gasteiger partial charge in [0, 0.05) is 25.2 Å². The largest absolute Gasteiger partial charge is 0.337 e. The molecule has 0 aliphatic rings. The van der Waals surface area contributed by atoms with Gasteiger partial charge in [-0.15, -0.1) is 10.2 Å². The average Bonchev–Trinajstić information content (AvgIpc) is 2.98. The number of aromatic nitrogens is 3. The second kappa shape index (κ2) is 6.73. The molecule has 2 amide bonds. The summed E-state index contributed by atoms with van der Waals surface area (Å²) in [6.07, 6.45) is 2.33. The first kappa shape index (κ1) is 15.4. The topological polar surface area (TPSA) is 114 Å². The number of carbonyl (C=O) groups is 1. The van der Waals surface area contributed by atoms with Crippen LogP contribution in [0.5, 0.6) is 0 Å². The molecular formula is C15H14N6O3. The van der Waals surface area contributed by atoms with E-state index in [2.05, 4.69) is 20.8 Å². The zero-order valence-electron chi connectivity index (χ0n) is 12.5. The third-order valence-corrected chi connectivity index (χ3v) is 3.37. The van der Waals surface area contributed by atoms with E-state index in [1.165, 1.54) is 18.2 Å². The molecule has 9 heteroatoms. The fourth-order valence-electron chi connectivity index (χ4n) is 2.25. The first-order valence-corrected chi connectivity index (χ1v) is 7.22. The normalized spacial score (nSPS) is 10.5. The van der Waals surface area contributed by atoms with Crippen molar-refractivity contribution in [3.05, 3.63) is 64.6 Å². The van der Waals surface area contributed by atoms with Crippen LogP contribution in [0.2, 0.25) is 0 Å². The summed E-state index contributed by atoms with van der Waals surface area (Å²) in [6.45, 7) is 0.322. The Labute approximate surface area is 136 Å². The molecule has 2 heterocycles. The number of urea groups is 1. The zero-order chi connectivity index (χ0) is 16.9. The molecule has 2 aromatic heterocycles. The van der Waals surface area contributed by atoms with Gasteiger partial charge in [0.2, 0.25) is 0 Å². The van der Waals surface area contributed by atoms with Crippen LogP contribution in [0.4, 0.5) is 16.2 Å². The van der Waals surface area contributed by atoms with Gasteiger partial charge in [-0.3, -0.25) is 14.5 Å². The summed E-state index contributed by atoms with van der Waals surface area (Å²) in [5, 5.41) is 24.1. The molecule has 3 rings (SSSR count). The summed E-state index contributed by atoms with van der Waals surface area (Å²) in [5.74, 6) is 0.719. The number of hydrogen-bond acceptors (Lipinski definition) is 5. The van der Waals surface area contributed by atoms with Crippen LogP contribution in [0, 0.1) is 10.1 Å². The van der Waals surface area contributed by atoms with E-state index in [0.29, 0.717) is 13.0 Å². The summed E-state index contributed by atoms with van der Waals surface area (Å²) in [5.41, 5.74) is 0.723. The molecule has 0 spiro atoms. The van der Waals surface area contributed by atoms with Crippen molar-refractivity contribution in [1.82, 2.24) is 19.9 Å². The highest BCUT2D eigenvalue weighted by Gasteiger charge is 2.14. The summed E-state index contributed by atoms with van der Waals surface area (Å²) in [4.78, 5) is 22.3. The van der Waals surface area contributed by atoms with Gasteiger partial charge < -0.3 is 10.6 Å². The molecule has 0 aliphatic heterocycles. The molecule has 122 valence electrons. The van der Waals surface area contributed by atoms with Crippen molar-refractivity contribution < 1.29 is 9.72 Å². The van der Waals surface area contributed by atoms with Gasteiger partial charge in [-0.05, 0) is 18.2 Å². The third-order valence-electron chi connectivity index (χ3n) is 3.37. The number of hydrogen-bond donors (Lipinski definition) is 2. The van der Waals surface area contributed by atoms with Crippen molar-refractivity contribution >= 4 is 23.1 Å². The van der Waals surface area contributed by atoms with Crippen molar-refractivity contribution in [2.75, 3.05) is 11.9 Å². The number of pyridine rings is 1. The number of para-hydroxylation sites is 2. The SMILES string of the molecule is O=C(NCCc1nnc2ccccn12)Nc1ccccc1[N+](=O)[O-]. The van der Waals surface area contributed by atoms with Gasteiger partial charge in [-0.1, -0.05) is 18.2 Å². The van der Waals surface area contributed by atoms with Crippen LogP contribution < -0.4 is 10.6 Å². The second-order valence-electron chi connectivity index (χ2n) is 4.95. The Balaban J connectivity index is 1.58. The van der Waals surface area contributed by atoms with Crippen LogP contribution in [-0.2, 0) is 6.42 Å². The Bertz CT molecular complexity index is 892. The average molecular weight is 326 g/mol. The maximum Gasteiger partial charge on any atom is 0.319 e. The minimum atomic E-state index is -0.544. The predicted molar refractivity (Wildman–Crippen MR) is 86.8 cm³/mol. The fourth-order valence-corrected chi connectivity index (χ4v) is 2.25. The van der Waals surface area contributed by atoms with Crippen molar-refractivity contribution in [2.45, 2.75) is 6.42 Å². The number of rotatable bonds is 5. The second-order valence-corrected chi connectivity index (χ2v) is 4.95. The Morgan fingerprint density at radius 3 is 2.79 bits per heavy atom. The molecule has 0 unspecified atom stereocenters. The van der Waals surface area contributed by atoms with E-state index in [-0.39, 0.29) is 11.4 Å². The lowest BCUT2D eigenvalue weighted by Crippen LogP contribution is -2.31. The van der Waals surface area contributed by atoms with Crippen LogP contribution >= 0.6 is 0 Å². The van der Waals surface area contributed by atoms with Crippen LogP contribution in [0.15, 0.2) is 48.7 Å². The van der Waals surface area contributed by atoms with E-state index in [1.807, 2.05) is 28.8 Å². The Morgan fingerprint density at radius 2 is 1.96 bits per heavy atom. The minimum Gasteiger partial charge on any atom is -0.337 e. The van der Waals surface area contributed by atoms with Crippen LogP contribution in [0.3, 0.4) is 0 Å². The first-order chi connectivity index (χ1) is 11.6. The molecule has 0 radical (unpaired) electrons. The molecule has 0 aliphatic carbocycles. The molecule has 9 nitrogen and oxygen atoms in total. The maximum atomic E-state index is 11.9. The monoisotopic (exact) mass is 326 g/mol. The molecule has 0 fully saturated rings. The Kier molecular flexibility index (Phi) is 4.32. The van der Waals surface area contributed by atoms with E-state index in [4.69, 9.17) is 0 Å². The van der Waals surface area contributed by atoms with E-state index in [1.54, 1.807) is 6.07 Å². The zero-order valence-corrected chi connectivity index (χ0v) is 12.5. The predicted octanol–water partition coefficient (Wildman–Crippen LogP) is 2.00. The fraction of sp³-hybridized carbons (Fsp3) is 0.133. The highest BCUT2D eigenvalue weighted by atomic mass is 16.6. The van der Waals surface area contributed by atoms with Gasteiger partial charge in [-0.25, -0.2) is 4.79 Å². The standard InChI is InChI=1S/C15H14N6O3/c22-15(17-11-5-1-2-6-12(11)21(23)24)16-9-8-14-19-18-13-7-3-4-10-20(13)14/h1-7,10H,8-9H2,(H2,16,17,22). The van der Waals surface area contributed by atoms with Crippen LogP contribution in [-0.4, -0.2) is 32.1 Å². The molecule has 0 atom stereocenters. The Morgan fingerprint density at radius 1 is 1.17 bits per heavy atom. The molecule has 2 N–H and O–H groups in total. The van der Waals surface area contributed by atoms with Crippen molar-refractivity contribution in [3.8, 4) is 0 Å². The molecule has 0 bridgehead atoms. The number of nitro groups is 1. The first-order valence-electron chi connectivity index (χ1n) is 7.22. The highest BCUT2D eigenvalue weighted by Crippen LogP contribution is 2.22. The molecule has 1 aromatic carbocycles. The number of benzene rings is 1. The summed E-state index contributed by atoms with van der Waals surface area (Å²) >= 11 is 0. The molecule has 3 aromatic rings. The number of fused-ring (bicyclic) bond motifs is 1. The van der Waals surface area contributed by atoms with Gasteiger partial charge in [0.25, 0.3) is 5.69 Å². The molecule has 0 saturated carbocycles. The summed E-state index contributed by atoms with van der Waals surface area (Å²) in [7, 11) is 0. The highest BCUT2D eigenvalue weighted by molar-refractivity contribution is 5.91. The van der Waals surface area contributed by atoms with E-state index >= 15 is 0 Å². The minimum absolute atomic E-state index is 0.146. The van der Waals surface area contributed by atoms with Gasteiger partial charge in [0.15, 0.2) is 5.65 Å². The van der Waals surface area contributed by atoms with E-state index in [9.17, 15) is 14.9 Å². The van der Waals surface area contributed by atoms with Gasteiger partial charge in [-0.2, -0.15) is 0 Å². The lowest BCUT2D eigenvalue weighted by Gasteiger charge is -2.07. The van der Waals surface area contributed by atoms with Crippen molar-refractivity contribution in [3.63, 3.8) is 0 Å². The van der Waals surface area contributed by atoms with Gasteiger partial charge >= 0.3 is 6.03 Å². The number of carbonyl (C=O) groups excluding carboxylic acids is 1. The summed E-state index contributed by atoms with van der Waals surface area (Å²) in [6, 6.07) is 11.0.